The van der Waals surface area contributed by atoms with Gasteiger partial charge in [-0.1, -0.05) is 18.2 Å². The minimum Gasteiger partial charge on any atom is -0.481 e. The van der Waals surface area contributed by atoms with Gasteiger partial charge in [-0.15, -0.1) is 0 Å². The summed E-state index contributed by atoms with van der Waals surface area (Å²) in [5.74, 6) is -2.67. The molecule has 4 nitrogen and oxygen atoms in total. The van der Waals surface area contributed by atoms with Crippen LogP contribution in [0, 0.1) is 11.7 Å². The molecule has 1 atom stereocenters. The normalized spacial score (nSPS) is 19.0. The average Bonchev–Trinajstić information content (AvgIpc) is 2.29. The van der Waals surface area contributed by atoms with Gasteiger partial charge < -0.3 is 10.0 Å². The number of likely N-dealkylation sites (tertiary alicyclic amines) is 1. The van der Waals surface area contributed by atoms with Gasteiger partial charge in [-0.3, -0.25) is 9.59 Å². The predicted molar refractivity (Wildman–Crippen MR) is 57.8 cm³/mol. The first-order valence-electron chi connectivity index (χ1n) is 5.34. The molecule has 1 aromatic carbocycles. The molecule has 1 heterocycles. The predicted octanol–water partition coefficient (Wildman–Crippen LogP) is 0.911. The number of hydrogen-bond acceptors (Lipinski definition) is 2. The molecule has 1 fully saturated rings. The number of nitrogens with zero attached hydrogens (tertiary/aromatic N) is 1. The van der Waals surface area contributed by atoms with Crippen molar-refractivity contribution in [3.05, 3.63) is 35.6 Å². The number of rotatable bonds is 4. The number of aliphatic carboxylic acids is 1. The summed E-state index contributed by atoms with van der Waals surface area (Å²) >= 11 is 0. The van der Waals surface area contributed by atoms with Crippen molar-refractivity contribution in [1.82, 2.24) is 4.90 Å². The molecule has 0 aliphatic carbocycles. The van der Waals surface area contributed by atoms with Crippen molar-refractivity contribution < 1.29 is 19.1 Å². The fourth-order valence-corrected chi connectivity index (χ4v) is 1.84. The molecular weight excluding hydrogens is 225 g/mol. The lowest BCUT2D eigenvalue weighted by Gasteiger charge is -2.36. The zero-order valence-electron chi connectivity index (χ0n) is 9.10. The molecule has 1 unspecified atom stereocenters. The number of halogens is 1. The van der Waals surface area contributed by atoms with Gasteiger partial charge in [-0.05, 0) is 18.1 Å². The third kappa shape index (κ3) is 2.27. The molecule has 5 heteroatoms. The first-order valence-corrected chi connectivity index (χ1v) is 5.34. The van der Waals surface area contributed by atoms with Crippen LogP contribution in [0.5, 0.6) is 0 Å². The van der Waals surface area contributed by atoms with Crippen LogP contribution in [0.15, 0.2) is 24.3 Å². The zero-order chi connectivity index (χ0) is 12.4. The summed E-state index contributed by atoms with van der Waals surface area (Å²) in [7, 11) is 0. The smallest absolute Gasteiger partial charge is 0.317 e. The SMILES string of the molecule is O=C(O)C1CN(CCc2ccccc2F)C1=O. The molecule has 1 N–H and O–H groups in total. The lowest BCUT2D eigenvalue weighted by molar-refractivity contribution is -0.162. The Morgan fingerprint density at radius 2 is 2.18 bits per heavy atom. The molecule has 2 rings (SSSR count). The van der Waals surface area contributed by atoms with Gasteiger partial charge in [-0.2, -0.15) is 0 Å². The molecular formula is C12H12FNO3. The fraction of sp³-hybridized carbons (Fsp3) is 0.333. The Morgan fingerprint density at radius 1 is 1.47 bits per heavy atom. The van der Waals surface area contributed by atoms with Crippen molar-refractivity contribution in [2.24, 2.45) is 5.92 Å². The van der Waals surface area contributed by atoms with Gasteiger partial charge >= 0.3 is 5.97 Å². The number of hydrogen-bond donors (Lipinski definition) is 1. The standard InChI is InChI=1S/C12H12FNO3/c13-10-4-2-1-3-8(10)5-6-14-7-9(11(14)15)12(16)17/h1-4,9H,5-7H2,(H,16,17). The van der Waals surface area contributed by atoms with E-state index in [9.17, 15) is 14.0 Å². The molecule has 1 aliphatic heterocycles. The van der Waals surface area contributed by atoms with Crippen LogP contribution in [0.3, 0.4) is 0 Å². The van der Waals surface area contributed by atoms with Gasteiger partial charge in [-0.25, -0.2) is 4.39 Å². The molecule has 17 heavy (non-hydrogen) atoms. The van der Waals surface area contributed by atoms with Crippen LogP contribution in [-0.4, -0.2) is 35.0 Å². The van der Waals surface area contributed by atoms with E-state index in [2.05, 4.69) is 0 Å². The van der Waals surface area contributed by atoms with E-state index in [4.69, 9.17) is 5.11 Å². The van der Waals surface area contributed by atoms with Gasteiger partial charge in [0.15, 0.2) is 5.92 Å². The van der Waals surface area contributed by atoms with Gasteiger partial charge in [0.25, 0.3) is 0 Å². The highest BCUT2D eigenvalue weighted by Gasteiger charge is 2.41. The number of carbonyl (C=O) groups excluding carboxylic acids is 1. The second-order valence-corrected chi connectivity index (χ2v) is 4.02. The summed E-state index contributed by atoms with van der Waals surface area (Å²) in [6.45, 7) is 0.589. The van der Waals surface area contributed by atoms with Crippen LogP contribution in [0.2, 0.25) is 0 Å². The molecule has 0 spiro atoms. The lowest BCUT2D eigenvalue weighted by atomic mass is 9.98. The molecule has 0 bridgehead atoms. The summed E-state index contributed by atoms with van der Waals surface area (Å²) < 4.78 is 13.3. The van der Waals surface area contributed by atoms with Crippen LogP contribution in [-0.2, 0) is 16.0 Å². The monoisotopic (exact) mass is 237 g/mol. The molecule has 1 amide bonds. The van der Waals surface area contributed by atoms with Crippen LogP contribution >= 0.6 is 0 Å². The maximum atomic E-state index is 13.3. The molecule has 90 valence electrons. The minimum atomic E-state index is -1.09. The number of benzene rings is 1. The van der Waals surface area contributed by atoms with Crippen LogP contribution < -0.4 is 0 Å². The van der Waals surface area contributed by atoms with Crippen molar-refractivity contribution in [2.45, 2.75) is 6.42 Å². The summed E-state index contributed by atoms with van der Waals surface area (Å²) in [5.41, 5.74) is 0.541. The van der Waals surface area contributed by atoms with Gasteiger partial charge in [0.2, 0.25) is 5.91 Å². The Kier molecular flexibility index (Phi) is 3.08. The second-order valence-electron chi connectivity index (χ2n) is 4.02. The van der Waals surface area contributed by atoms with Gasteiger partial charge in [0.1, 0.15) is 5.82 Å². The van der Waals surface area contributed by atoms with E-state index < -0.39 is 11.9 Å². The Labute approximate surface area is 97.7 Å². The van der Waals surface area contributed by atoms with Gasteiger partial charge in [0, 0.05) is 13.1 Å². The van der Waals surface area contributed by atoms with Gasteiger partial charge in [0.05, 0.1) is 0 Å². The van der Waals surface area contributed by atoms with E-state index in [0.717, 1.165) is 0 Å². The number of carboxylic acid groups (broad SMARTS) is 1. The van der Waals surface area contributed by atoms with E-state index >= 15 is 0 Å². The van der Waals surface area contributed by atoms with Crippen LogP contribution in [0.4, 0.5) is 4.39 Å². The number of amides is 1. The van der Waals surface area contributed by atoms with Crippen molar-refractivity contribution in [1.29, 1.82) is 0 Å². The van der Waals surface area contributed by atoms with E-state index in [0.29, 0.717) is 18.5 Å². The van der Waals surface area contributed by atoms with Crippen LogP contribution in [0.1, 0.15) is 5.56 Å². The third-order valence-corrected chi connectivity index (χ3v) is 2.92. The number of β-lactam (4-membered cyclic amide) rings is 1. The lowest BCUT2D eigenvalue weighted by Crippen LogP contribution is -2.56. The van der Waals surface area contributed by atoms with Crippen molar-refractivity contribution in [3.63, 3.8) is 0 Å². The first kappa shape index (κ1) is 11.6. The number of carboxylic acids is 1. The van der Waals surface area contributed by atoms with E-state index in [1.807, 2.05) is 0 Å². The Balaban J connectivity index is 1.87. The summed E-state index contributed by atoms with van der Waals surface area (Å²) in [5, 5.41) is 8.64. The number of carbonyl (C=O) groups is 2. The maximum Gasteiger partial charge on any atom is 0.317 e. The molecule has 1 aromatic rings. The molecule has 1 saturated heterocycles. The fourth-order valence-electron chi connectivity index (χ4n) is 1.84. The Bertz CT molecular complexity index is 461. The minimum absolute atomic E-state index is 0.225. The zero-order valence-corrected chi connectivity index (χ0v) is 9.10. The molecule has 0 aromatic heterocycles. The maximum absolute atomic E-state index is 13.3. The summed E-state index contributed by atoms with van der Waals surface area (Å²) in [6, 6.07) is 6.37. The largest absolute Gasteiger partial charge is 0.481 e. The quantitative estimate of drug-likeness (QED) is 0.625. The molecule has 0 saturated carbocycles. The highest BCUT2D eigenvalue weighted by Crippen LogP contribution is 2.18. The third-order valence-electron chi connectivity index (χ3n) is 2.92. The first-order chi connectivity index (χ1) is 8.09. The van der Waals surface area contributed by atoms with Crippen molar-refractivity contribution in [2.75, 3.05) is 13.1 Å². The Hall–Kier alpha value is -1.91. The highest BCUT2D eigenvalue weighted by molar-refractivity contribution is 6.01. The van der Waals surface area contributed by atoms with E-state index in [1.165, 1.54) is 11.0 Å². The van der Waals surface area contributed by atoms with Crippen LogP contribution in [0.25, 0.3) is 0 Å². The average molecular weight is 237 g/mol. The second kappa shape index (κ2) is 4.53. The highest BCUT2D eigenvalue weighted by atomic mass is 19.1. The molecule has 0 radical (unpaired) electrons. The summed E-state index contributed by atoms with van der Waals surface area (Å²) in [6.07, 6.45) is 0.407. The Morgan fingerprint density at radius 3 is 2.76 bits per heavy atom. The van der Waals surface area contributed by atoms with Crippen molar-refractivity contribution in [3.8, 4) is 0 Å². The summed E-state index contributed by atoms with van der Waals surface area (Å²) in [4.78, 5) is 23.4. The van der Waals surface area contributed by atoms with E-state index in [-0.39, 0.29) is 18.3 Å². The van der Waals surface area contributed by atoms with Crippen molar-refractivity contribution >= 4 is 11.9 Å². The molecule has 1 aliphatic rings. The topological polar surface area (TPSA) is 57.6 Å². The van der Waals surface area contributed by atoms with E-state index in [1.54, 1.807) is 18.2 Å².